The lowest BCUT2D eigenvalue weighted by Gasteiger charge is -2.16. The van der Waals surface area contributed by atoms with Crippen molar-refractivity contribution in [1.82, 2.24) is 9.78 Å². The highest BCUT2D eigenvalue weighted by molar-refractivity contribution is 5.62. The van der Waals surface area contributed by atoms with Crippen LogP contribution >= 0.6 is 0 Å². The normalized spacial score (nSPS) is 12.7. The number of benzene rings is 1. The van der Waals surface area contributed by atoms with Gasteiger partial charge in [-0.05, 0) is 29.5 Å². The number of rotatable bonds is 3. The van der Waals surface area contributed by atoms with Crippen LogP contribution in [0.5, 0.6) is 0 Å². The third kappa shape index (κ3) is 4.34. The van der Waals surface area contributed by atoms with E-state index in [-0.39, 0.29) is 5.41 Å². The van der Waals surface area contributed by atoms with Gasteiger partial charge in [0.25, 0.3) is 0 Å². The molecule has 113 valence electrons. The summed E-state index contributed by atoms with van der Waals surface area (Å²) in [6, 6.07) is 5.12. The topological polar surface area (TPSA) is 17.8 Å². The second-order valence-electron chi connectivity index (χ2n) is 6.10. The van der Waals surface area contributed by atoms with Crippen molar-refractivity contribution in [3.8, 4) is 11.1 Å². The van der Waals surface area contributed by atoms with Crippen LogP contribution in [-0.2, 0) is 12.7 Å². The molecule has 1 aromatic carbocycles. The molecule has 0 atom stereocenters. The third-order valence-corrected chi connectivity index (χ3v) is 3.07. The quantitative estimate of drug-likeness (QED) is 0.794. The summed E-state index contributed by atoms with van der Waals surface area (Å²) in [5.74, 6) is 0. The van der Waals surface area contributed by atoms with Gasteiger partial charge >= 0.3 is 6.18 Å². The first-order valence-electron chi connectivity index (χ1n) is 6.70. The monoisotopic (exact) mass is 295 g/mol. The number of halogens is 3. The molecule has 0 saturated heterocycles. The molecular formula is C16H18F3N2. The van der Waals surface area contributed by atoms with Gasteiger partial charge in [-0.3, -0.25) is 4.68 Å². The first-order chi connectivity index (χ1) is 9.65. The van der Waals surface area contributed by atoms with Crippen LogP contribution in [0.3, 0.4) is 0 Å². The Labute approximate surface area is 122 Å². The molecule has 1 aromatic heterocycles. The van der Waals surface area contributed by atoms with Gasteiger partial charge in [0.15, 0.2) is 0 Å². The lowest BCUT2D eigenvalue weighted by molar-refractivity contribution is -0.137. The Morgan fingerprint density at radius 2 is 1.67 bits per heavy atom. The van der Waals surface area contributed by atoms with Gasteiger partial charge in [-0.2, -0.15) is 18.3 Å². The van der Waals surface area contributed by atoms with E-state index in [2.05, 4.69) is 32.3 Å². The summed E-state index contributed by atoms with van der Waals surface area (Å²) in [5.41, 5.74) is 0.997. The van der Waals surface area contributed by atoms with Crippen LogP contribution < -0.4 is 0 Å². The lowest BCUT2D eigenvalue weighted by Crippen LogP contribution is -2.11. The van der Waals surface area contributed by atoms with Crippen LogP contribution in [0.2, 0.25) is 0 Å². The Bertz CT molecular complexity index is 589. The van der Waals surface area contributed by atoms with E-state index in [1.165, 1.54) is 12.1 Å². The van der Waals surface area contributed by atoms with Crippen molar-refractivity contribution in [3.63, 3.8) is 0 Å². The highest BCUT2D eigenvalue weighted by atomic mass is 19.4. The van der Waals surface area contributed by atoms with Gasteiger partial charge in [-0.15, -0.1) is 0 Å². The maximum atomic E-state index is 12.5. The Morgan fingerprint density at radius 3 is 2.19 bits per heavy atom. The van der Waals surface area contributed by atoms with E-state index in [0.29, 0.717) is 6.54 Å². The number of hydrogen-bond donors (Lipinski definition) is 0. The summed E-state index contributed by atoms with van der Waals surface area (Å²) in [5, 5.41) is 4.23. The number of aromatic nitrogens is 2. The van der Waals surface area contributed by atoms with Crippen molar-refractivity contribution >= 4 is 0 Å². The summed E-state index contributed by atoms with van der Waals surface area (Å²) in [6.45, 7) is 6.98. The van der Waals surface area contributed by atoms with E-state index >= 15 is 0 Å². The standard InChI is InChI=1S/C16H18F3N2/c1-15(2,3)8-9-21-11-13(10-20-21)12-4-6-14(7-5-12)16(17,18)19/h4-8,10-11H,9H2,1-3H3. The van der Waals surface area contributed by atoms with Gasteiger partial charge in [-0.25, -0.2) is 0 Å². The van der Waals surface area contributed by atoms with E-state index in [9.17, 15) is 13.2 Å². The number of nitrogens with zero attached hydrogens (tertiary/aromatic N) is 2. The predicted molar refractivity (Wildman–Crippen MR) is 76.4 cm³/mol. The Hall–Kier alpha value is -1.78. The number of hydrogen-bond acceptors (Lipinski definition) is 1. The average Bonchev–Trinajstić information content (AvgIpc) is 2.83. The van der Waals surface area contributed by atoms with Crippen LogP contribution in [0.25, 0.3) is 11.1 Å². The molecule has 21 heavy (non-hydrogen) atoms. The van der Waals surface area contributed by atoms with E-state index in [1.807, 2.05) is 6.20 Å². The summed E-state index contributed by atoms with van der Waals surface area (Å²) in [4.78, 5) is 0. The van der Waals surface area contributed by atoms with E-state index in [0.717, 1.165) is 23.3 Å². The molecule has 0 fully saturated rings. The van der Waals surface area contributed by atoms with Crippen LogP contribution in [0, 0.1) is 11.8 Å². The first-order valence-corrected chi connectivity index (χ1v) is 6.70. The highest BCUT2D eigenvalue weighted by Crippen LogP contribution is 2.30. The van der Waals surface area contributed by atoms with Crippen molar-refractivity contribution < 1.29 is 13.2 Å². The van der Waals surface area contributed by atoms with Crippen LogP contribution in [0.4, 0.5) is 13.2 Å². The van der Waals surface area contributed by atoms with Gasteiger partial charge in [0.1, 0.15) is 0 Å². The SMILES string of the molecule is CC(C)(C)[CH]Cn1cc(-c2ccc(C(F)(F)F)cc2)cn1. The summed E-state index contributed by atoms with van der Waals surface area (Å²) in [7, 11) is 0. The van der Waals surface area contributed by atoms with Gasteiger partial charge in [0.05, 0.1) is 11.8 Å². The van der Waals surface area contributed by atoms with Crippen molar-refractivity contribution in [2.45, 2.75) is 33.5 Å². The molecular weight excluding hydrogens is 277 g/mol. The minimum Gasteiger partial charge on any atom is -0.272 e. The fourth-order valence-corrected chi connectivity index (χ4v) is 1.83. The predicted octanol–water partition coefficient (Wildman–Crippen LogP) is 4.82. The summed E-state index contributed by atoms with van der Waals surface area (Å²) in [6.07, 6.45) is 1.34. The molecule has 2 aromatic rings. The maximum absolute atomic E-state index is 12.5. The van der Waals surface area contributed by atoms with Crippen molar-refractivity contribution in [3.05, 3.63) is 48.6 Å². The van der Waals surface area contributed by atoms with Crippen LogP contribution in [-0.4, -0.2) is 9.78 Å². The second kappa shape index (κ2) is 5.54. The molecule has 0 aliphatic carbocycles. The molecule has 0 bridgehead atoms. The Balaban J connectivity index is 2.11. The molecule has 0 saturated carbocycles. The molecule has 0 aliphatic rings. The van der Waals surface area contributed by atoms with Gasteiger partial charge in [-0.1, -0.05) is 32.9 Å². The van der Waals surface area contributed by atoms with E-state index < -0.39 is 11.7 Å². The minimum atomic E-state index is -4.30. The smallest absolute Gasteiger partial charge is 0.272 e. The molecule has 5 heteroatoms. The lowest BCUT2D eigenvalue weighted by atomic mass is 9.92. The zero-order chi connectivity index (χ0) is 15.7. The van der Waals surface area contributed by atoms with Gasteiger partial charge < -0.3 is 0 Å². The van der Waals surface area contributed by atoms with Crippen molar-refractivity contribution in [2.75, 3.05) is 0 Å². The molecule has 0 unspecified atom stereocenters. The first kappa shape index (κ1) is 15.6. The van der Waals surface area contributed by atoms with Crippen molar-refractivity contribution in [1.29, 1.82) is 0 Å². The zero-order valence-corrected chi connectivity index (χ0v) is 12.3. The van der Waals surface area contributed by atoms with Crippen molar-refractivity contribution in [2.24, 2.45) is 5.41 Å². The minimum absolute atomic E-state index is 0.0977. The second-order valence-corrected chi connectivity index (χ2v) is 6.10. The van der Waals surface area contributed by atoms with E-state index in [1.54, 1.807) is 10.9 Å². The highest BCUT2D eigenvalue weighted by Gasteiger charge is 2.29. The molecule has 1 heterocycles. The maximum Gasteiger partial charge on any atom is 0.416 e. The fourth-order valence-electron chi connectivity index (χ4n) is 1.83. The molecule has 2 nitrogen and oxygen atoms in total. The third-order valence-electron chi connectivity index (χ3n) is 3.07. The molecule has 0 amide bonds. The van der Waals surface area contributed by atoms with Gasteiger partial charge in [0, 0.05) is 18.3 Å². The van der Waals surface area contributed by atoms with Crippen LogP contribution in [0.1, 0.15) is 26.3 Å². The fraction of sp³-hybridized carbons (Fsp3) is 0.375. The number of alkyl halides is 3. The Morgan fingerprint density at radius 1 is 1.05 bits per heavy atom. The molecule has 2 rings (SSSR count). The molecule has 0 aliphatic heterocycles. The summed E-state index contributed by atoms with van der Waals surface area (Å²) >= 11 is 0. The summed E-state index contributed by atoms with van der Waals surface area (Å²) < 4.78 is 39.3. The molecule has 0 N–H and O–H groups in total. The van der Waals surface area contributed by atoms with E-state index in [4.69, 9.17) is 0 Å². The van der Waals surface area contributed by atoms with Crippen LogP contribution in [0.15, 0.2) is 36.7 Å². The molecule has 1 radical (unpaired) electrons. The zero-order valence-electron chi connectivity index (χ0n) is 12.3. The average molecular weight is 295 g/mol. The largest absolute Gasteiger partial charge is 0.416 e. The molecule has 0 spiro atoms. The van der Waals surface area contributed by atoms with Gasteiger partial charge in [0.2, 0.25) is 0 Å². The Kier molecular flexibility index (Phi) is 4.12.